The highest BCUT2D eigenvalue weighted by molar-refractivity contribution is 6.30. The average molecular weight is 537 g/mol. The van der Waals surface area contributed by atoms with Gasteiger partial charge in [0.15, 0.2) is 0 Å². The molecule has 2 aliphatic heterocycles. The summed E-state index contributed by atoms with van der Waals surface area (Å²) in [5.41, 5.74) is 3.40. The number of halogens is 1. The second-order valence-electron chi connectivity index (χ2n) is 9.35. The molecule has 0 saturated carbocycles. The van der Waals surface area contributed by atoms with Gasteiger partial charge in [-0.1, -0.05) is 47.5 Å². The molecule has 1 atom stereocenters. The molecule has 0 bridgehead atoms. The molecule has 0 aliphatic carbocycles. The Morgan fingerprint density at radius 1 is 1.13 bits per heavy atom. The first kappa shape index (κ1) is 27.4. The van der Waals surface area contributed by atoms with Crippen molar-refractivity contribution >= 4 is 29.5 Å². The van der Waals surface area contributed by atoms with Crippen LogP contribution < -0.4 is 5.32 Å². The zero-order valence-corrected chi connectivity index (χ0v) is 22.5. The Balaban J connectivity index is 1.61. The van der Waals surface area contributed by atoms with Crippen LogP contribution in [0.2, 0.25) is 5.02 Å². The van der Waals surface area contributed by atoms with E-state index in [2.05, 4.69) is 16.8 Å². The summed E-state index contributed by atoms with van der Waals surface area (Å²) in [6.45, 7) is 10.6. The van der Waals surface area contributed by atoms with Gasteiger partial charge in [0.1, 0.15) is 0 Å². The molecule has 9 heteroatoms. The number of carbonyl (C=O) groups is 3. The van der Waals surface area contributed by atoms with Gasteiger partial charge in [0.25, 0.3) is 5.91 Å². The first-order valence-corrected chi connectivity index (χ1v) is 13.1. The molecule has 2 aromatic rings. The number of aryl methyl sites for hydroxylation is 1. The molecule has 200 valence electrons. The fourth-order valence-corrected chi connectivity index (χ4v) is 4.98. The molecule has 1 saturated heterocycles. The van der Waals surface area contributed by atoms with Gasteiger partial charge in [0, 0.05) is 55.6 Å². The summed E-state index contributed by atoms with van der Waals surface area (Å²) in [5.74, 6) is -0.489. The second kappa shape index (κ2) is 12.3. The Hall–Kier alpha value is -3.62. The van der Waals surface area contributed by atoms with E-state index >= 15 is 0 Å². The van der Waals surface area contributed by atoms with E-state index in [0.29, 0.717) is 60.1 Å². The van der Waals surface area contributed by atoms with E-state index in [1.165, 1.54) is 4.90 Å². The second-order valence-corrected chi connectivity index (χ2v) is 9.79. The zero-order chi connectivity index (χ0) is 27.2. The van der Waals surface area contributed by atoms with Gasteiger partial charge in [-0.2, -0.15) is 0 Å². The molecule has 8 nitrogen and oxygen atoms in total. The highest BCUT2D eigenvalue weighted by Crippen LogP contribution is 2.33. The third-order valence-electron chi connectivity index (χ3n) is 6.76. The number of benzene rings is 2. The summed E-state index contributed by atoms with van der Waals surface area (Å²) in [6, 6.07) is 13.6. The topological polar surface area (TPSA) is 82.2 Å². The Kier molecular flexibility index (Phi) is 8.86. The van der Waals surface area contributed by atoms with Crippen LogP contribution in [0.25, 0.3) is 0 Å². The number of ether oxygens (including phenoxy) is 1. The smallest absolute Gasteiger partial charge is 0.338 e. The minimum absolute atomic E-state index is 0.00225. The SMILES string of the molecule is C=CCN1C(=O)NC(c2cccc(Cl)c2)C(C(=O)OCC)=C1CN1CCN(C(=O)c2ccc(C)cc2)CC1. The van der Waals surface area contributed by atoms with Gasteiger partial charge in [0.2, 0.25) is 0 Å². The fraction of sp³-hybridized carbons (Fsp3) is 0.345. The number of hydrogen-bond donors (Lipinski definition) is 1. The number of rotatable bonds is 8. The van der Waals surface area contributed by atoms with E-state index in [4.69, 9.17) is 16.3 Å². The minimum Gasteiger partial charge on any atom is -0.463 e. The van der Waals surface area contributed by atoms with Crippen molar-refractivity contribution in [2.75, 3.05) is 45.9 Å². The highest BCUT2D eigenvalue weighted by Gasteiger charge is 2.39. The van der Waals surface area contributed by atoms with Crippen LogP contribution in [0.5, 0.6) is 0 Å². The molecule has 2 heterocycles. The third-order valence-corrected chi connectivity index (χ3v) is 6.99. The van der Waals surface area contributed by atoms with Crippen molar-refractivity contribution in [3.8, 4) is 0 Å². The van der Waals surface area contributed by atoms with E-state index in [0.717, 1.165) is 5.56 Å². The lowest BCUT2D eigenvalue weighted by molar-refractivity contribution is -0.139. The summed E-state index contributed by atoms with van der Waals surface area (Å²) in [6.07, 6.45) is 1.63. The van der Waals surface area contributed by atoms with E-state index in [9.17, 15) is 14.4 Å². The summed E-state index contributed by atoms with van der Waals surface area (Å²) >= 11 is 6.24. The van der Waals surface area contributed by atoms with Gasteiger partial charge in [0.05, 0.1) is 18.2 Å². The lowest BCUT2D eigenvalue weighted by atomic mass is 9.94. The Morgan fingerprint density at radius 3 is 2.47 bits per heavy atom. The van der Waals surface area contributed by atoms with E-state index in [1.807, 2.05) is 42.2 Å². The van der Waals surface area contributed by atoms with Gasteiger partial charge in [-0.15, -0.1) is 6.58 Å². The van der Waals surface area contributed by atoms with Crippen molar-refractivity contribution in [3.05, 3.63) is 94.2 Å². The average Bonchev–Trinajstić information content (AvgIpc) is 2.91. The molecule has 1 N–H and O–H groups in total. The number of amides is 3. The van der Waals surface area contributed by atoms with Crippen molar-refractivity contribution in [3.63, 3.8) is 0 Å². The van der Waals surface area contributed by atoms with E-state index in [1.54, 1.807) is 31.2 Å². The largest absolute Gasteiger partial charge is 0.463 e. The molecule has 0 radical (unpaired) electrons. The predicted molar refractivity (Wildman–Crippen MR) is 147 cm³/mol. The van der Waals surface area contributed by atoms with Crippen LogP contribution in [0.4, 0.5) is 4.79 Å². The molecular weight excluding hydrogens is 504 g/mol. The molecular formula is C29H33ClN4O4. The van der Waals surface area contributed by atoms with Gasteiger partial charge in [-0.25, -0.2) is 9.59 Å². The number of urea groups is 1. The van der Waals surface area contributed by atoms with Crippen molar-refractivity contribution in [2.45, 2.75) is 19.9 Å². The monoisotopic (exact) mass is 536 g/mol. The maximum atomic E-state index is 13.3. The molecule has 1 unspecified atom stereocenters. The van der Waals surface area contributed by atoms with E-state index < -0.39 is 12.0 Å². The van der Waals surface area contributed by atoms with Gasteiger partial charge < -0.3 is 15.0 Å². The summed E-state index contributed by atoms with van der Waals surface area (Å²) in [4.78, 5) is 45.0. The zero-order valence-electron chi connectivity index (χ0n) is 21.8. The van der Waals surface area contributed by atoms with Gasteiger partial charge in [-0.05, 0) is 43.7 Å². The molecule has 2 aromatic carbocycles. The first-order valence-electron chi connectivity index (χ1n) is 12.7. The third kappa shape index (κ3) is 6.09. The maximum Gasteiger partial charge on any atom is 0.338 e. The van der Waals surface area contributed by atoms with Crippen LogP contribution in [-0.4, -0.2) is 78.5 Å². The van der Waals surface area contributed by atoms with Crippen LogP contribution in [0.3, 0.4) is 0 Å². The maximum absolute atomic E-state index is 13.3. The number of hydrogen-bond acceptors (Lipinski definition) is 5. The molecule has 2 aliphatic rings. The van der Waals surface area contributed by atoms with Crippen molar-refractivity contribution in [1.29, 1.82) is 0 Å². The number of esters is 1. The Morgan fingerprint density at radius 2 is 1.84 bits per heavy atom. The summed E-state index contributed by atoms with van der Waals surface area (Å²) in [7, 11) is 0. The van der Waals surface area contributed by atoms with Crippen LogP contribution in [0, 0.1) is 6.92 Å². The molecule has 0 aromatic heterocycles. The number of nitrogens with zero attached hydrogens (tertiary/aromatic N) is 3. The van der Waals surface area contributed by atoms with Crippen LogP contribution in [-0.2, 0) is 9.53 Å². The van der Waals surface area contributed by atoms with E-state index in [-0.39, 0.29) is 25.1 Å². The standard InChI is InChI=1S/C29H33ClN4O4/c1-4-13-34-24(19-32-14-16-33(17-15-32)27(35)21-11-9-20(3)10-12-21)25(28(36)38-5-2)26(31-29(34)37)22-7-6-8-23(30)18-22/h4,6-12,18,26H,1,5,13-17,19H2,2-3H3,(H,31,37). The molecule has 4 rings (SSSR count). The predicted octanol–water partition coefficient (Wildman–Crippen LogP) is 4.18. The summed E-state index contributed by atoms with van der Waals surface area (Å²) < 4.78 is 5.45. The molecule has 1 fully saturated rings. The fourth-order valence-electron chi connectivity index (χ4n) is 4.78. The number of piperazine rings is 1. The lowest BCUT2D eigenvalue weighted by Crippen LogP contribution is -2.53. The number of nitrogens with one attached hydrogen (secondary N) is 1. The van der Waals surface area contributed by atoms with Crippen molar-refractivity contribution in [2.24, 2.45) is 0 Å². The minimum atomic E-state index is -0.708. The quantitative estimate of drug-likeness (QED) is 0.404. The molecule has 0 spiro atoms. The molecule has 3 amide bonds. The first-order chi connectivity index (χ1) is 18.3. The van der Waals surface area contributed by atoms with Crippen molar-refractivity contribution < 1.29 is 19.1 Å². The van der Waals surface area contributed by atoms with Crippen LogP contribution in [0.1, 0.15) is 34.5 Å². The molecule has 38 heavy (non-hydrogen) atoms. The normalized spacial score (nSPS) is 18.3. The lowest BCUT2D eigenvalue weighted by Gasteiger charge is -2.40. The summed E-state index contributed by atoms with van der Waals surface area (Å²) in [5, 5.41) is 3.45. The van der Waals surface area contributed by atoms with Crippen molar-refractivity contribution in [1.82, 2.24) is 20.0 Å². The van der Waals surface area contributed by atoms with Gasteiger partial charge in [-0.3, -0.25) is 14.6 Å². The Labute approximate surface area is 228 Å². The Bertz CT molecular complexity index is 1240. The van der Waals surface area contributed by atoms with Crippen LogP contribution in [0.15, 0.2) is 72.5 Å². The van der Waals surface area contributed by atoms with Crippen LogP contribution >= 0.6 is 11.6 Å². The van der Waals surface area contributed by atoms with Gasteiger partial charge >= 0.3 is 12.0 Å². The number of carbonyl (C=O) groups excluding carboxylic acids is 3. The highest BCUT2D eigenvalue weighted by atomic mass is 35.5.